The predicted molar refractivity (Wildman–Crippen MR) is 107 cm³/mol. The van der Waals surface area contributed by atoms with Crippen LogP contribution in [0.1, 0.15) is 17.0 Å². The SMILES string of the molecule is O=C(Cc1ncco1)Nc1cnc2[nH]cc(C=C(C(=O)O)c3ccccc3)c2c1. The van der Waals surface area contributed by atoms with Crippen molar-refractivity contribution in [2.24, 2.45) is 0 Å². The van der Waals surface area contributed by atoms with E-state index in [4.69, 9.17) is 4.42 Å². The van der Waals surface area contributed by atoms with Crippen molar-refractivity contribution < 1.29 is 19.1 Å². The van der Waals surface area contributed by atoms with Crippen molar-refractivity contribution in [2.45, 2.75) is 6.42 Å². The molecule has 0 atom stereocenters. The fourth-order valence-electron chi connectivity index (χ4n) is 2.94. The summed E-state index contributed by atoms with van der Waals surface area (Å²) < 4.78 is 5.07. The van der Waals surface area contributed by atoms with Crippen molar-refractivity contribution >= 4 is 40.2 Å². The first-order valence-corrected chi connectivity index (χ1v) is 8.76. The number of nitrogens with zero attached hydrogens (tertiary/aromatic N) is 2. The second kappa shape index (κ2) is 7.81. The standard InChI is InChI=1S/C21H16N4O4/c26-18(10-19-22-6-7-29-19)25-15-9-16-14(11-23-20(16)24-12-15)8-17(21(27)28)13-4-2-1-3-5-13/h1-9,11-12H,10H2,(H,23,24)(H,25,26)(H,27,28). The molecule has 1 aromatic carbocycles. The van der Waals surface area contributed by atoms with E-state index in [2.05, 4.69) is 20.3 Å². The molecule has 0 fully saturated rings. The molecular weight excluding hydrogens is 372 g/mol. The minimum Gasteiger partial charge on any atom is -0.478 e. The molecule has 0 saturated carbocycles. The van der Waals surface area contributed by atoms with Gasteiger partial charge in [-0.2, -0.15) is 0 Å². The Hall–Kier alpha value is -4.20. The maximum Gasteiger partial charge on any atom is 0.336 e. The number of rotatable bonds is 6. The highest BCUT2D eigenvalue weighted by Gasteiger charge is 2.13. The summed E-state index contributed by atoms with van der Waals surface area (Å²) in [6.45, 7) is 0. The minimum absolute atomic E-state index is 0.00209. The quantitative estimate of drug-likeness (QED) is 0.436. The maximum absolute atomic E-state index is 12.2. The maximum atomic E-state index is 12.2. The van der Waals surface area contributed by atoms with Crippen molar-refractivity contribution in [3.8, 4) is 0 Å². The Morgan fingerprint density at radius 2 is 2.03 bits per heavy atom. The number of nitrogens with one attached hydrogen (secondary N) is 2. The number of amides is 1. The molecule has 8 heteroatoms. The highest BCUT2D eigenvalue weighted by molar-refractivity contribution is 6.21. The molecule has 0 unspecified atom stereocenters. The molecule has 0 saturated heterocycles. The first-order chi connectivity index (χ1) is 14.1. The Balaban J connectivity index is 1.64. The number of carbonyl (C=O) groups excluding carboxylic acids is 1. The van der Waals surface area contributed by atoms with E-state index in [1.54, 1.807) is 42.6 Å². The molecule has 3 heterocycles. The van der Waals surface area contributed by atoms with Gasteiger partial charge in [-0.15, -0.1) is 0 Å². The van der Waals surface area contributed by atoms with Gasteiger partial charge in [0.25, 0.3) is 0 Å². The number of carboxylic acid groups (broad SMARTS) is 1. The largest absolute Gasteiger partial charge is 0.478 e. The van der Waals surface area contributed by atoms with Crippen LogP contribution in [0.3, 0.4) is 0 Å². The lowest BCUT2D eigenvalue weighted by Gasteiger charge is -2.05. The molecule has 3 aromatic heterocycles. The number of carboxylic acids is 1. The molecule has 4 rings (SSSR count). The number of H-pyrrole nitrogens is 1. The number of benzene rings is 1. The number of aromatic nitrogens is 3. The molecule has 0 bridgehead atoms. The molecule has 144 valence electrons. The zero-order valence-electron chi connectivity index (χ0n) is 15.1. The van der Waals surface area contributed by atoms with Crippen LogP contribution < -0.4 is 5.32 Å². The van der Waals surface area contributed by atoms with Gasteiger partial charge < -0.3 is 19.8 Å². The molecule has 4 aromatic rings. The summed E-state index contributed by atoms with van der Waals surface area (Å²) in [6.07, 6.45) is 7.67. The first kappa shape index (κ1) is 18.2. The van der Waals surface area contributed by atoms with Crippen LogP contribution in [-0.2, 0) is 16.0 Å². The van der Waals surface area contributed by atoms with Crippen LogP contribution in [0.15, 0.2) is 65.7 Å². The molecule has 1 amide bonds. The third kappa shape index (κ3) is 4.06. The molecule has 3 N–H and O–H groups in total. The molecule has 0 aliphatic heterocycles. The van der Waals surface area contributed by atoms with Crippen LogP contribution in [-0.4, -0.2) is 31.9 Å². The van der Waals surface area contributed by atoms with Gasteiger partial charge in [-0.25, -0.2) is 14.8 Å². The Morgan fingerprint density at radius 3 is 2.76 bits per heavy atom. The Bertz CT molecular complexity index is 1190. The average Bonchev–Trinajstić information content (AvgIpc) is 3.36. The lowest BCUT2D eigenvalue weighted by atomic mass is 10.0. The minimum atomic E-state index is -1.03. The van der Waals surface area contributed by atoms with Crippen molar-refractivity contribution in [1.29, 1.82) is 0 Å². The number of aliphatic carboxylic acids is 1. The number of anilines is 1. The van der Waals surface area contributed by atoms with Gasteiger partial charge in [-0.3, -0.25) is 4.79 Å². The molecule has 0 radical (unpaired) electrons. The molecular formula is C21H16N4O4. The summed E-state index contributed by atoms with van der Waals surface area (Å²) in [7, 11) is 0. The Kier molecular flexibility index (Phi) is 4.90. The lowest BCUT2D eigenvalue weighted by molar-refractivity contribution is -0.130. The number of hydrogen-bond acceptors (Lipinski definition) is 5. The van der Waals surface area contributed by atoms with E-state index < -0.39 is 5.97 Å². The van der Waals surface area contributed by atoms with Gasteiger partial charge in [0.15, 0.2) is 0 Å². The van der Waals surface area contributed by atoms with Crippen LogP contribution in [0.25, 0.3) is 22.7 Å². The van der Waals surface area contributed by atoms with Gasteiger partial charge in [0.05, 0.1) is 23.7 Å². The third-order valence-electron chi connectivity index (χ3n) is 4.26. The van der Waals surface area contributed by atoms with Gasteiger partial charge in [0.1, 0.15) is 18.3 Å². The lowest BCUT2D eigenvalue weighted by Crippen LogP contribution is -2.14. The van der Waals surface area contributed by atoms with Crippen molar-refractivity contribution in [3.05, 3.63) is 78.3 Å². The van der Waals surface area contributed by atoms with E-state index in [1.807, 2.05) is 6.07 Å². The van der Waals surface area contributed by atoms with Crippen LogP contribution in [0.2, 0.25) is 0 Å². The molecule has 0 aliphatic carbocycles. The van der Waals surface area contributed by atoms with Crippen molar-refractivity contribution in [1.82, 2.24) is 15.0 Å². The zero-order valence-corrected chi connectivity index (χ0v) is 15.1. The van der Waals surface area contributed by atoms with Crippen molar-refractivity contribution in [3.63, 3.8) is 0 Å². The molecule has 0 aliphatic rings. The van der Waals surface area contributed by atoms with E-state index in [0.717, 1.165) is 0 Å². The Labute approximate surface area is 164 Å². The average molecular weight is 388 g/mol. The highest BCUT2D eigenvalue weighted by Crippen LogP contribution is 2.25. The van der Waals surface area contributed by atoms with Gasteiger partial charge in [-0.05, 0) is 17.7 Å². The molecule has 0 spiro atoms. The van der Waals surface area contributed by atoms with Crippen LogP contribution in [0.4, 0.5) is 5.69 Å². The van der Waals surface area contributed by atoms with E-state index in [9.17, 15) is 14.7 Å². The topological polar surface area (TPSA) is 121 Å². The van der Waals surface area contributed by atoms with E-state index in [1.165, 1.54) is 18.7 Å². The highest BCUT2D eigenvalue weighted by atomic mass is 16.4. The van der Waals surface area contributed by atoms with E-state index in [0.29, 0.717) is 33.7 Å². The number of hydrogen-bond donors (Lipinski definition) is 3. The predicted octanol–water partition coefficient (Wildman–Crippen LogP) is 3.36. The zero-order chi connectivity index (χ0) is 20.2. The van der Waals surface area contributed by atoms with Gasteiger partial charge in [0.2, 0.25) is 11.8 Å². The van der Waals surface area contributed by atoms with Crippen LogP contribution in [0.5, 0.6) is 0 Å². The Morgan fingerprint density at radius 1 is 1.21 bits per heavy atom. The van der Waals surface area contributed by atoms with Crippen molar-refractivity contribution in [2.75, 3.05) is 5.32 Å². The van der Waals surface area contributed by atoms with Gasteiger partial charge >= 0.3 is 5.97 Å². The van der Waals surface area contributed by atoms with Gasteiger partial charge in [-0.1, -0.05) is 30.3 Å². The number of carbonyl (C=O) groups is 2. The summed E-state index contributed by atoms with van der Waals surface area (Å²) >= 11 is 0. The fraction of sp³-hybridized carbons (Fsp3) is 0.0476. The number of aromatic amines is 1. The van der Waals surface area contributed by atoms with Crippen LogP contribution in [0, 0.1) is 0 Å². The molecule has 8 nitrogen and oxygen atoms in total. The summed E-state index contributed by atoms with van der Waals surface area (Å²) in [5.41, 5.74) is 2.47. The smallest absolute Gasteiger partial charge is 0.336 e. The summed E-state index contributed by atoms with van der Waals surface area (Å²) in [5, 5.41) is 13.1. The fourth-order valence-corrected chi connectivity index (χ4v) is 2.94. The second-order valence-electron chi connectivity index (χ2n) is 6.24. The first-order valence-electron chi connectivity index (χ1n) is 8.76. The monoisotopic (exact) mass is 388 g/mol. The van der Waals surface area contributed by atoms with E-state index in [-0.39, 0.29) is 17.9 Å². The second-order valence-corrected chi connectivity index (χ2v) is 6.24. The normalized spacial score (nSPS) is 11.5. The number of oxazole rings is 1. The van der Waals surface area contributed by atoms with E-state index >= 15 is 0 Å². The third-order valence-corrected chi connectivity index (χ3v) is 4.26. The number of fused-ring (bicyclic) bond motifs is 1. The number of pyridine rings is 1. The van der Waals surface area contributed by atoms with Gasteiger partial charge in [0, 0.05) is 17.1 Å². The summed E-state index contributed by atoms with van der Waals surface area (Å²) in [4.78, 5) is 35.1. The summed E-state index contributed by atoms with van der Waals surface area (Å²) in [5.74, 6) is -1.01. The molecule has 29 heavy (non-hydrogen) atoms. The van der Waals surface area contributed by atoms with Crippen LogP contribution >= 0.6 is 0 Å². The summed E-state index contributed by atoms with van der Waals surface area (Å²) in [6, 6.07) is 10.6.